The maximum atomic E-state index is 13.9. The van der Waals surface area contributed by atoms with Crippen molar-refractivity contribution < 1.29 is 13.6 Å². The zero-order valence-corrected chi connectivity index (χ0v) is 23.0. The highest BCUT2D eigenvalue weighted by Crippen LogP contribution is 2.31. The summed E-state index contributed by atoms with van der Waals surface area (Å²) in [6.07, 6.45) is 6.53. The zero-order valence-electron chi connectivity index (χ0n) is 23.0. The third-order valence-electron chi connectivity index (χ3n) is 7.13. The van der Waals surface area contributed by atoms with Crippen molar-refractivity contribution in [3.05, 3.63) is 110 Å². The molecular weight excluding hydrogens is 510 g/mol. The molecule has 0 radical (unpaired) electrons. The predicted molar refractivity (Wildman–Crippen MR) is 154 cm³/mol. The Kier molecular flexibility index (Phi) is 8.95. The largest absolute Gasteiger partial charge is 0.366 e. The molecule has 6 nitrogen and oxygen atoms in total. The number of nitrogens with zero attached hydrogens (tertiary/aromatic N) is 4. The minimum absolute atomic E-state index is 0.0276. The van der Waals surface area contributed by atoms with Crippen LogP contribution in [0.1, 0.15) is 59.9 Å². The highest BCUT2D eigenvalue weighted by atomic mass is 19.1. The van der Waals surface area contributed by atoms with Crippen LogP contribution in [0.25, 0.3) is 12.2 Å². The van der Waals surface area contributed by atoms with Gasteiger partial charge < -0.3 is 14.4 Å². The van der Waals surface area contributed by atoms with Crippen molar-refractivity contribution in [1.82, 2.24) is 9.47 Å². The van der Waals surface area contributed by atoms with Gasteiger partial charge in [0, 0.05) is 37.3 Å². The number of halogens is 2. The molecule has 0 atom stereocenters. The lowest BCUT2D eigenvalue weighted by Gasteiger charge is -2.37. The van der Waals surface area contributed by atoms with E-state index in [0.717, 1.165) is 23.1 Å². The van der Waals surface area contributed by atoms with Crippen LogP contribution in [0.3, 0.4) is 0 Å². The van der Waals surface area contributed by atoms with E-state index >= 15 is 0 Å². The van der Waals surface area contributed by atoms with Crippen LogP contribution in [0.4, 0.5) is 14.5 Å². The molecule has 1 aliphatic rings. The van der Waals surface area contributed by atoms with Crippen LogP contribution >= 0.6 is 0 Å². The van der Waals surface area contributed by atoms with Gasteiger partial charge in [-0.1, -0.05) is 36.8 Å². The first-order valence-corrected chi connectivity index (χ1v) is 13.3. The Morgan fingerprint density at radius 2 is 1.60 bits per heavy atom. The molecule has 8 heteroatoms. The molecule has 1 aliphatic heterocycles. The summed E-state index contributed by atoms with van der Waals surface area (Å²) in [5.74, 6) is -0.956. The Balaban J connectivity index is 1.78. The van der Waals surface area contributed by atoms with Gasteiger partial charge in [-0.05, 0) is 68.3 Å². The van der Waals surface area contributed by atoms with Gasteiger partial charge >= 0.3 is 0 Å². The first-order chi connectivity index (χ1) is 19.3. The van der Waals surface area contributed by atoms with Crippen LogP contribution in [0.5, 0.6) is 0 Å². The minimum atomic E-state index is -0.421. The van der Waals surface area contributed by atoms with Crippen molar-refractivity contribution in [2.75, 3.05) is 31.1 Å². The molecule has 0 saturated carbocycles. The molecule has 3 aromatic rings. The third-order valence-corrected chi connectivity index (χ3v) is 7.13. The number of carbonyl (C=O) groups is 1. The number of pyridine rings is 1. The van der Waals surface area contributed by atoms with E-state index in [0.29, 0.717) is 43.1 Å². The smallest absolute Gasteiger partial charge is 0.271 e. The van der Waals surface area contributed by atoms with Crippen LogP contribution in [-0.4, -0.2) is 41.6 Å². The quantitative estimate of drug-likeness (QED) is 0.375. The third kappa shape index (κ3) is 6.04. The molecule has 0 spiro atoms. The fourth-order valence-corrected chi connectivity index (χ4v) is 4.84. The van der Waals surface area contributed by atoms with Gasteiger partial charge in [0.25, 0.3) is 11.5 Å². The summed E-state index contributed by atoms with van der Waals surface area (Å²) in [4.78, 5) is 30.5. The number of amides is 1. The lowest BCUT2D eigenvalue weighted by molar-refractivity contribution is 0.0746. The van der Waals surface area contributed by atoms with E-state index < -0.39 is 11.4 Å². The van der Waals surface area contributed by atoms with Crippen LogP contribution in [0.2, 0.25) is 0 Å². The van der Waals surface area contributed by atoms with Crippen LogP contribution in [0.15, 0.2) is 65.0 Å². The van der Waals surface area contributed by atoms with Crippen molar-refractivity contribution in [3.8, 4) is 6.07 Å². The summed E-state index contributed by atoms with van der Waals surface area (Å²) in [5.41, 5.74) is 3.78. The molecule has 1 amide bonds. The van der Waals surface area contributed by atoms with Crippen molar-refractivity contribution >= 4 is 23.7 Å². The fourth-order valence-electron chi connectivity index (χ4n) is 4.84. The number of piperazine rings is 1. The van der Waals surface area contributed by atoms with Crippen molar-refractivity contribution in [1.29, 1.82) is 5.26 Å². The summed E-state index contributed by atoms with van der Waals surface area (Å²) < 4.78 is 28.5. The Hall–Kier alpha value is -4.51. The number of hydrogen-bond acceptors (Lipinski definition) is 4. The Bertz CT molecular complexity index is 1540. The number of benzene rings is 2. The number of nitriles is 1. The Morgan fingerprint density at radius 1 is 1.00 bits per heavy atom. The summed E-state index contributed by atoms with van der Waals surface area (Å²) in [6.45, 7) is 7.69. The molecule has 2 aromatic carbocycles. The molecular formula is C32H32F2N4O2. The highest BCUT2D eigenvalue weighted by molar-refractivity contribution is 5.94. The van der Waals surface area contributed by atoms with Crippen molar-refractivity contribution in [3.63, 3.8) is 0 Å². The molecule has 4 rings (SSSR count). The average molecular weight is 543 g/mol. The number of carbonyl (C=O) groups excluding carboxylic acids is 1. The second kappa shape index (κ2) is 12.6. The van der Waals surface area contributed by atoms with E-state index in [1.165, 1.54) is 36.4 Å². The molecule has 1 aromatic heterocycles. The molecule has 206 valence electrons. The molecule has 1 fully saturated rings. The maximum Gasteiger partial charge on any atom is 0.271 e. The van der Waals surface area contributed by atoms with Gasteiger partial charge in [0.15, 0.2) is 0 Å². The minimum Gasteiger partial charge on any atom is -0.366 e. The van der Waals surface area contributed by atoms with Crippen LogP contribution < -0.4 is 10.5 Å². The van der Waals surface area contributed by atoms with E-state index in [2.05, 4.69) is 6.07 Å². The lowest BCUT2D eigenvalue weighted by Crippen LogP contribution is -2.49. The highest BCUT2D eigenvalue weighted by Gasteiger charge is 2.28. The van der Waals surface area contributed by atoms with Crippen molar-refractivity contribution in [2.24, 2.45) is 0 Å². The fraction of sp³-hybridized carbons (Fsp3) is 0.281. The zero-order chi connectivity index (χ0) is 28.8. The SMILES string of the molecule is C/C=C\c1c(N2CCN(C(=O)c3ccc(F)cc3)CC2)c(C#N)c(=O)n(Cc2ccc(F)cc2)c1/C=C(/C)CC. The average Bonchev–Trinajstić information content (AvgIpc) is 2.97. The molecule has 40 heavy (non-hydrogen) atoms. The molecule has 0 N–H and O–H groups in total. The molecule has 2 heterocycles. The maximum absolute atomic E-state index is 13.9. The number of aromatic nitrogens is 1. The Labute approximate surface area is 233 Å². The Morgan fingerprint density at radius 3 is 2.15 bits per heavy atom. The van der Waals surface area contributed by atoms with Gasteiger partial charge in [-0.2, -0.15) is 5.26 Å². The molecule has 0 unspecified atom stereocenters. The van der Waals surface area contributed by atoms with Crippen LogP contribution in [-0.2, 0) is 6.54 Å². The summed E-state index contributed by atoms with van der Waals surface area (Å²) in [7, 11) is 0. The molecule has 0 aliphatic carbocycles. The van der Waals surface area contributed by atoms with Crippen LogP contribution in [0, 0.1) is 23.0 Å². The standard InChI is InChI=1S/C32H32F2N4O2/c1-4-6-27-29(19-22(3)5-2)38(21-23-7-11-25(33)12-8-23)32(40)28(20-35)30(27)36-15-17-37(18-16-36)31(39)24-9-13-26(34)14-10-24/h4,6-14,19H,5,15-18,21H2,1-3H3/b6-4-,22-19-. The summed E-state index contributed by atoms with van der Waals surface area (Å²) >= 11 is 0. The molecule has 0 bridgehead atoms. The van der Waals surface area contributed by atoms with E-state index in [9.17, 15) is 23.6 Å². The second-order valence-corrected chi connectivity index (χ2v) is 9.78. The first kappa shape index (κ1) is 28.5. The van der Waals surface area contributed by atoms with Crippen molar-refractivity contribution in [2.45, 2.75) is 33.7 Å². The number of rotatable bonds is 7. The molecule has 1 saturated heterocycles. The summed E-state index contributed by atoms with van der Waals surface area (Å²) in [6, 6.07) is 13.6. The number of hydrogen-bond donors (Lipinski definition) is 0. The summed E-state index contributed by atoms with van der Waals surface area (Å²) in [5, 5.41) is 10.2. The van der Waals surface area contributed by atoms with Gasteiger partial charge in [0.1, 0.15) is 23.3 Å². The van der Waals surface area contributed by atoms with Gasteiger partial charge in [0.05, 0.1) is 17.9 Å². The van der Waals surface area contributed by atoms with Gasteiger partial charge in [-0.15, -0.1) is 0 Å². The topological polar surface area (TPSA) is 69.3 Å². The number of allylic oxidation sites excluding steroid dienone is 2. The number of anilines is 1. The van der Waals surface area contributed by atoms with E-state index in [-0.39, 0.29) is 23.8 Å². The van der Waals surface area contributed by atoms with E-state index in [1.807, 2.05) is 43.9 Å². The van der Waals surface area contributed by atoms with E-state index in [4.69, 9.17) is 0 Å². The van der Waals surface area contributed by atoms with Gasteiger partial charge in [0.2, 0.25) is 0 Å². The first-order valence-electron chi connectivity index (χ1n) is 13.3. The van der Waals surface area contributed by atoms with E-state index in [1.54, 1.807) is 21.6 Å². The van der Waals surface area contributed by atoms with Gasteiger partial charge in [-0.3, -0.25) is 9.59 Å². The predicted octanol–water partition coefficient (Wildman–Crippen LogP) is 5.86. The normalized spacial score (nSPS) is 14.1. The van der Waals surface area contributed by atoms with Gasteiger partial charge in [-0.25, -0.2) is 8.78 Å². The second-order valence-electron chi connectivity index (χ2n) is 9.78. The monoisotopic (exact) mass is 542 g/mol. The lowest BCUT2D eigenvalue weighted by atomic mass is 10.0.